The molecule has 0 unspecified atom stereocenters. The number of alkyl halides is 3. The number of ether oxygens (including phenoxy) is 2. The molecule has 0 saturated heterocycles. The molecule has 2 aliphatic rings. The van der Waals surface area contributed by atoms with Crippen molar-refractivity contribution in [3.8, 4) is 0 Å². The summed E-state index contributed by atoms with van der Waals surface area (Å²) in [6, 6.07) is 0. The molecule has 0 aromatic carbocycles. The Bertz CT molecular complexity index is 792. The first-order chi connectivity index (χ1) is 12.6. The van der Waals surface area contributed by atoms with Crippen LogP contribution in [-0.2, 0) is 28.6 Å². The normalized spacial score (nSPS) is 19.5. The van der Waals surface area contributed by atoms with E-state index in [-0.39, 0.29) is 18.6 Å². The highest BCUT2D eigenvalue weighted by molar-refractivity contribution is 7.87. The molecule has 1 heterocycles. The standard InChI is InChI=1S/C16H22F3NO7S/c1-5-25-12(21)10-8-15(6-7-15)20(13(22)26-14(2,3)4)9-11(10)27-28(23,24)16(17,18)19/h5-9H2,1-4H3. The zero-order valence-electron chi connectivity index (χ0n) is 15.9. The molecule has 2 rings (SSSR count). The largest absolute Gasteiger partial charge is 0.534 e. The van der Waals surface area contributed by atoms with Crippen molar-refractivity contribution in [3.63, 3.8) is 0 Å². The molecule has 0 atom stereocenters. The SMILES string of the molecule is CCOC(=O)C1=C(OS(=O)(=O)C(F)(F)F)CN(C(=O)OC(C)(C)C)C2(CC2)C1. The van der Waals surface area contributed by atoms with Crippen molar-refractivity contribution in [2.24, 2.45) is 0 Å². The van der Waals surface area contributed by atoms with E-state index in [1.54, 1.807) is 20.8 Å². The maximum Gasteiger partial charge on any atom is 0.534 e. The number of halogens is 3. The van der Waals surface area contributed by atoms with Crippen LogP contribution in [0.25, 0.3) is 0 Å². The smallest absolute Gasteiger partial charge is 0.463 e. The van der Waals surface area contributed by atoms with E-state index < -0.39 is 51.1 Å². The zero-order chi connectivity index (χ0) is 21.5. The molecule has 0 aromatic rings. The summed E-state index contributed by atoms with van der Waals surface area (Å²) in [6.07, 6.45) is -0.0603. The molecule has 1 spiro atoms. The summed E-state index contributed by atoms with van der Waals surface area (Å²) in [7, 11) is -6.02. The van der Waals surface area contributed by atoms with Gasteiger partial charge in [-0.05, 0) is 40.5 Å². The monoisotopic (exact) mass is 429 g/mol. The van der Waals surface area contributed by atoms with E-state index in [1.165, 1.54) is 6.92 Å². The third-order valence-electron chi connectivity index (χ3n) is 4.17. The van der Waals surface area contributed by atoms with E-state index in [9.17, 15) is 31.2 Å². The Morgan fingerprint density at radius 2 is 1.75 bits per heavy atom. The highest BCUT2D eigenvalue weighted by Crippen LogP contribution is 2.51. The van der Waals surface area contributed by atoms with E-state index in [4.69, 9.17) is 9.47 Å². The van der Waals surface area contributed by atoms with Crippen LogP contribution in [0.15, 0.2) is 11.3 Å². The minimum Gasteiger partial charge on any atom is -0.463 e. The number of amides is 1. The lowest BCUT2D eigenvalue weighted by Gasteiger charge is -2.38. The van der Waals surface area contributed by atoms with Crippen molar-refractivity contribution in [1.29, 1.82) is 0 Å². The third kappa shape index (κ3) is 4.70. The van der Waals surface area contributed by atoms with Crippen LogP contribution in [0.1, 0.15) is 47.0 Å². The fraction of sp³-hybridized carbons (Fsp3) is 0.750. The Morgan fingerprint density at radius 3 is 2.18 bits per heavy atom. The predicted molar refractivity (Wildman–Crippen MR) is 89.2 cm³/mol. The van der Waals surface area contributed by atoms with Crippen LogP contribution in [0.3, 0.4) is 0 Å². The minimum atomic E-state index is -6.02. The maximum atomic E-state index is 12.8. The quantitative estimate of drug-likeness (QED) is 0.385. The molecule has 0 aromatic heterocycles. The number of hydrogen-bond acceptors (Lipinski definition) is 7. The second-order valence-corrected chi connectivity index (χ2v) is 9.11. The average Bonchev–Trinajstić information content (AvgIpc) is 3.26. The summed E-state index contributed by atoms with van der Waals surface area (Å²) in [5.74, 6) is -1.77. The van der Waals surface area contributed by atoms with Crippen molar-refractivity contribution in [1.82, 2.24) is 4.90 Å². The molecule has 0 bridgehead atoms. The number of carbonyl (C=O) groups excluding carboxylic acids is 2. The van der Waals surface area contributed by atoms with E-state index in [1.807, 2.05) is 0 Å². The van der Waals surface area contributed by atoms with Crippen LogP contribution in [0.2, 0.25) is 0 Å². The van der Waals surface area contributed by atoms with Gasteiger partial charge in [-0.2, -0.15) is 21.6 Å². The number of carbonyl (C=O) groups is 2. The van der Waals surface area contributed by atoms with Gasteiger partial charge in [0.15, 0.2) is 0 Å². The van der Waals surface area contributed by atoms with Gasteiger partial charge in [0, 0.05) is 6.42 Å². The third-order valence-corrected chi connectivity index (χ3v) is 5.16. The first-order valence-corrected chi connectivity index (χ1v) is 9.93. The van der Waals surface area contributed by atoms with Gasteiger partial charge in [-0.3, -0.25) is 4.90 Å². The Balaban J connectivity index is 2.43. The molecule has 1 aliphatic heterocycles. The molecule has 0 N–H and O–H groups in total. The Morgan fingerprint density at radius 1 is 1.18 bits per heavy atom. The highest BCUT2D eigenvalue weighted by atomic mass is 32.2. The van der Waals surface area contributed by atoms with Gasteiger partial charge in [-0.15, -0.1) is 0 Å². The first-order valence-electron chi connectivity index (χ1n) is 8.52. The van der Waals surface area contributed by atoms with Gasteiger partial charge < -0.3 is 13.7 Å². The molecule has 8 nitrogen and oxygen atoms in total. The molecule has 28 heavy (non-hydrogen) atoms. The fourth-order valence-corrected chi connectivity index (χ4v) is 3.27. The molecule has 1 saturated carbocycles. The van der Waals surface area contributed by atoms with Crippen LogP contribution in [0, 0.1) is 0 Å². The molecular weight excluding hydrogens is 407 g/mol. The molecule has 1 fully saturated rings. The van der Waals surface area contributed by atoms with Gasteiger partial charge in [0.25, 0.3) is 0 Å². The predicted octanol–water partition coefficient (Wildman–Crippen LogP) is 2.84. The van der Waals surface area contributed by atoms with E-state index in [0.29, 0.717) is 12.8 Å². The van der Waals surface area contributed by atoms with Crippen molar-refractivity contribution in [2.45, 2.75) is 63.6 Å². The topological polar surface area (TPSA) is 99.2 Å². The van der Waals surface area contributed by atoms with Crippen LogP contribution < -0.4 is 0 Å². The van der Waals surface area contributed by atoms with Crippen molar-refractivity contribution in [2.75, 3.05) is 13.2 Å². The molecule has 1 aliphatic carbocycles. The van der Waals surface area contributed by atoms with Gasteiger partial charge >= 0.3 is 27.7 Å². The van der Waals surface area contributed by atoms with Gasteiger partial charge in [-0.1, -0.05) is 0 Å². The molecule has 160 valence electrons. The van der Waals surface area contributed by atoms with Crippen LogP contribution in [0.5, 0.6) is 0 Å². The van der Waals surface area contributed by atoms with Crippen molar-refractivity contribution in [3.05, 3.63) is 11.3 Å². The highest BCUT2D eigenvalue weighted by Gasteiger charge is 2.57. The van der Waals surface area contributed by atoms with Crippen LogP contribution >= 0.6 is 0 Å². The maximum absolute atomic E-state index is 12.8. The second kappa shape index (κ2) is 7.12. The summed E-state index contributed by atoms with van der Waals surface area (Å²) in [5.41, 5.74) is -7.73. The summed E-state index contributed by atoms with van der Waals surface area (Å²) in [5, 5.41) is 0. The average molecular weight is 429 g/mol. The summed E-state index contributed by atoms with van der Waals surface area (Å²) < 4.78 is 75.5. The first kappa shape index (κ1) is 22.3. The fourth-order valence-electron chi connectivity index (χ4n) is 2.76. The number of hydrogen-bond donors (Lipinski definition) is 0. The second-order valence-electron chi connectivity index (χ2n) is 7.57. The Hall–Kier alpha value is -1.98. The Labute approximate surface area is 160 Å². The molecule has 12 heteroatoms. The number of esters is 1. The Kier molecular flexibility index (Phi) is 5.68. The summed E-state index contributed by atoms with van der Waals surface area (Å²) in [4.78, 5) is 25.8. The minimum absolute atomic E-state index is 0.0651. The molecule has 0 radical (unpaired) electrons. The van der Waals surface area contributed by atoms with E-state index in [0.717, 1.165) is 4.90 Å². The molecule has 1 amide bonds. The van der Waals surface area contributed by atoms with Gasteiger partial charge in [-0.25, -0.2) is 9.59 Å². The molecular formula is C16H22F3NO7S. The zero-order valence-corrected chi connectivity index (χ0v) is 16.7. The summed E-state index contributed by atoms with van der Waals surface area (Å²) in [6.45, 7) is 5.61. The van der Waals surface area contributed by atoms with E-state index in [2.05, 4.69) is 4.18 Å². The van der Waals surface area contributed by atoms with Gasteiger partial charge in [0.1, 0.15) is 11.4 Å². The van der Waals surface area contributed by atoms with Crippen LogP contribution in [0.4, 0.5) is 18.0 Å². The number of rotatable bonds is 4. The van der Waals surface area contributed by atoms with Gasteiger partial charge in [0.05, 0.1) is 24.3 Å². The number of nitrogens with zero attached hydrogens (tertiary/aromatic N) is 1. The lowest BCUT2D eigenvalue weighted by molar-refractivity contribution is -0.139. The lowest BCUT2D eigenvalue weighted by Crippen LogP contribution is -2.50. The van der Waals surface area contributed by atoms with E-state index >= 15 is 0 Å². The van der Waals surface area contributed by atoms with Crippen molar-refractivity contribution < 1.29 is 44.8 Å². The van der Waals surface area contributed by atoms with Crippen LogP contribution in [-0.4, -0.2) is 55.2 Å². The van der Waals surface area contributed by atoms with Gasteiger partial charge in [0.2, 0.25) is 0 Å². The lowest BCUT2D eigenvalue weighted by atomic mass is 9.97. The summed E-state index contributed by atoms with van der Waals surface area (Å²) >= 11 is 0. The van der Waals surface area contributed by atoms with Crippen molar-refractivity contribution >= 4 is 22.2 Å².